The second-order valence-electron chi connectivity index (χ2n) is 4.57. The summed E-state index contributed by atoms with van der Waals surface area (Å²) in [5.74, 6) is -0.918. The van der Waals surface area contributed by atoms with Crippen LogP contribution in [-0.2, 0) is 17.8 Å². The van der Waals surface area contributed by atoms with Gasteiger partial charge >= 0.3 is 12.0 Å². The zero-order valence-corrected chi connectivity index (χ0v) is 11.7. The maximum Gasteiger partial charge on any atom is 0.326 e. The van der Waals surface area contributed by atoms with Crippen LogP contribution in [0.4, 0.5) is 4.79 Å². The average Bonchev–Trinajstić information content (AvgIpc) is 3.04. The Morgan fingerprint density at radius 1 is 1.58 bits per heavy atom. The van der Waals surface area contributed by atoms with E-state index in [4.69, 9.17) is 5.11 Å². The Labute approximate surface area is 116 Å². The van der Waals surface area contributed by atoms with Gasteiger partial charge in [0.2, 0.25) is 0 Å². The Hall–Kier alpha value is -1.56. The summed E-state index contributed by atoms with van der Waals surface area (Å²) < 4.78 is 0. The second-order valence-corrected chi connectivity index (χ2v) is 5.57. The van der Waals surface area contributed by atoms with Gasteiger partial charge in [0.25, 0.3) is 0 Å². The second kappa shape index (κ2) is 6.06. The number of nitrogens with one attached hydrogen (secondary N) is 1. The number of carbonyl (C=O) groups excluding carboxylic acids is 1. The fraction of sp³-hybridized carbons (Fsp3) is 0.538. The first-order chi connectivity index (χ1) is 9.13. The van der Waals surface area contributed by atoms with Crippen molar-refractivity contribution in [2.45, 2.75) is 38.8 Å². The Kier molecular flexibility index (Phi) is 4.42. The van der Waals surface area contributed by atoms with Gasteiger partial charge < -0.3 is 15.3 Å². The lowest BCUT2D eigenvalue weighted by Gasteiger charge is -2.21. The zero-order chi connectivity index (χ0) is 13.8. The number of aryl methyl sites for hydroxylation is 1. The molecule has 1 aromatic heterocycles. The molecule has 2 heterocycles. The van der Waals surface area contributed by atoms with Crippen LogP contribution >= 0.6 is 11.3 Å². The van der Waals surface area contributed by atoms with E-state index in [0.717, 1.165) is 17.7 Å². The van der Waals surface area contributed by atoms with Crippen molar-refractivity contribution >= 4 is 23.3 Å². The number of nitrogens with zero attached hydrogens (tertiary/aromatic N) is 1. The molecule has 2 N–H and O–H groups in total. The summed E-state index contributed by atoms with van der Waals surface area (Å²) in [6.07, 6.45) is 2.24. The smallest absolute Gasteiger partial charge is 0.326 e. The molecule has 0 saturated carbocycles. The van der Waals surface area contributed by atoms with E-state index in [2.05, 4.69) is 18.3 Å². The first-order valence-electron chi connectivity index (χ1n) is 6.46. The van der Waals surface area contributed by atoms with E-state index in [9.17, 15) is 9.59 Å². The van der Waals surface area contributed by atoms with E-state index < -0.39 is 12.0 Å². The van der Waals surface area contributed by atoms with E-state index in [-0.39, 0.29) is 6.03 Å². The third-order valence-corrected chi connectivity index (χ3v) is 4.38. The van der Waals surface area contributed by atoms with Crippen molar-refractivity contribution in [2.24, 2.45) is 0 Å². The van der Waals surface area contributed by atoms with Gasteiger partial charge in [-0.2, -0.15) is 0 Å². The van der Waals surface area contributed by atoms with Crippen LogP contribution in [0.15, 0.2) is 11.4 Å². The minimum Gasteiger partial charge on any atom is -0.480 e. The third kappa shape index (κ3) is 3.07. The van der Waals surface area contributed by atoms with Crippen molar-refractivity contribution < 1.29 is 14.7 Å². The SMILES string of the molecule is CCc1ccsc1CNC(=O)N1CCCC1C(=O)O. The largest absolute Gasteiger partial charge is 0.480 e. The molecule has 0 aliphatic carbocycles. The number of amides is 2. The van der Waals surface area contributed by atoms with Crippen molar-refractivity contribution in [2.75, 3.05) is 6.54 Å². The van der Waals surface area contributed by atoms with Gasteiger partial charge in [-0.15, -0.1) is 11.3 Å². The normalized spacial score (nSPS) is 18.6. The van der Waals surface area contributed by atoms with Crippen LogP contribution in [0.2, 0.25) is 0 Å². The van der Waals surface area contributed by atoms with Gasteiger partial charge in [0.05, 0.1) is 6.54 Å². The average molecular weight is 282 g/mol. The highest BCUT2D eigenvalue weighted by atomic mass is 32.1. The molecule has 1 aliphatic heterocycles. The van der Waals surface area contributed by atoms with E-state index in [1.165, 1.54) is 10.5 Å². The summed E-state index contributed by atoms with van der Waals surface area (Å²) in [6, 6.07) is 1.11. The van der Waals surface area contributed by atoms with Gasteiger partial charge in [-0.05, 0) is 36.3 Å². The zero-order valence-electron chi connectivity index (χ0n) is 10.9. The molecule has 1 aromatic rings. The van der Waals surface area contributed by atoms with Crippen LogP contribution in [0.5, 0.6) is 0 Å². The fourth-order valence-corrected chi connectivity index (χ4v) is 3.28. The molecule has 2 rings (SSSR count). The molecule has 0 radical (unpaired) electrons. The number of rotatable bonds is 4. The summed E-state index contributed by atoms with van der Waals surface area (Å²) in [5.41, 5.74) is 1.24. The monoisotopic (exact) mass is 282 g/mol. The number of carboxylic acid groups (broad SMARTS) is 1. The molecular formula is C13H18N2O3S. The van der Waals surface area contributed by atoms with Gasteiger partial charge in [0, 0.05) is 11.4 Å². The Morgan fingerprint density at radius 2 is 2.37 bits per heavy atom. The summed E-state index contributed by atoms with van der Waals surface area (Å²) >= 11 is 1.62. The first kappa shape index (κ1) is 13.9. The molecule has 0 spiro atoms. The Bertz CT molecular complexity index is 472. The molecule has 0 aromatic carbocycles. The maximum atomic E-state index is 12.0. The van der Waals surface area contributed by atoms with Gasteiger partial charge in [-0.3, -0.25) is 0 Å². The lowest BCUT2D eigenvalue weighted by atomic mass is 10.2. The van der Waals surface area contributed by atoms with Crippen molar-refractivity contribution in [1.29, 1.82) is 0 Å². The highest BCUT2D eigenvalue weighted by Crippen LogP contribution is 2.19. The lowest BCUT2D eigenvalue weighted by Crippen LogP contribution is -2.45. The lowest BCUT2D eigenvalue weighted by molar-refractivity contribution is -0.141. The van der Waals surface area contributed by atoms with Crippen LogP contribution in [-0.4, -0.2) is 34.6 Å². The molecule has 1 unspecified atom stereocenters. The van der Waals surface area contributed by atoms with E-state index in [1.807, 2.05) is 5.38 Å². The van der Waals surface area contributed by atoms with Crippen molar-refractivity contribution in [3.05, 3.63) is 21.9 Å². The van der Waals surface area contributed by atoms with E-state index >= 15 is 0 Å². The van der Waals surface area contributed by atoms with E-state index in [1.54, 1.807) is 11.3 Å². The summed E-state index contributed by atoms with van der Waals surface area (Å²) in [5, 5.41) is 13.9. The molecule has 1 saturated heterocycles. The van der Waals surface area contributed by atoms with Crippen LogP contribution < -0.4 is 5.32 Å². The number of thiophene rings is 1. The molecule has 5 nitrogen and oxygen atoms in total. The van der Waals surface area contributed by atoms with Gasteiger partial charge in [0.15, 0.2) is 0 Å². The Morgan fingerprint density at radius 3 is 3.05 bits per heavy atom. The van der Waals surface area contributed by atoms with Crippen molar-refractivity contribution in [3.63, 3.8) is 0 Å². The third-order valence-electron chi connectivity index (χ3n) is 3.42. The summed E-state index contributed by atoms with van der Waals surface area (Å²) in [6.45, 7) is 3.07. The molecule has 6 heteroatoms. The molecule has 1 atom stereocenters. The number of aliphatic carboxylic acids is 1. The minimum absolute atomic E-state index is 0.277. The molecule has 1 aliphatic rings. The summed E-state index contributed by atoms with van der Waals surface area (Å²) in [7, 11) is 0. The van der Waals surface area contributed by atoms with Crippen molar-refractivity contribution in [3.8, 4) is 0 Å². The molecule has 1 fully saturated rings. The molecule has 104 valence electrons. The molecular weight excluding hydrogens is 264 g/mol. The number of carboxylic acids is 1. The van der Waals surface area contributed by atoms with Gasteiger partial charge in [-0.25, -0.2) is 9.59 Å². The predicted molar refractivity (Wildman–Crippen MR) is 73.3 cm³/mol. The number of likely N-dealkylation sites (tertiary alicyclic amines) is 1. The quantitative estimate of drug-likeness (QED) is 0.888. The molecule has 2 amide bonds. The first-order valence-corrected chi connectivity index (χ1v) is 7.34. The van der Waals surface area contributed by atoms with Crippen molar-refractivity contribution in [1.82, 2.24) is 10.2 Å². The fourth-order valence-electron chi connectivity index (χ4n) is 2.36. The van der Waals surface area contributed by atoms with Gasteiger partial charge in [-0.1, -0.05) is 6.92 Å². The highest BCUT2D eigenvalue weighted by Gasteiger charge is 2.33. The topological polar surface area (TPSA) is 69.6 Å². The molecule has 0 bridgehead atoms. The number of hydrogen-bond acceptors (Lipinski definition) is 3. The number of carbonyl (C=O) groups is 2. The van der Waals surface area contributed by atoms with Crippen LogP contribution in [0.1, 0.15) is 30.2 Å². The number of hydrogen-bond donors (Lipinski definition) is 2. The standard InChI is InChI=1S/C13H18N2O3S/c1-2-9-5-7-19-11(9)8-14-13(18)15-6-3-4-10(15)12(16)17/h5,7,10H,2-4,6,8H2,1H3,(H,14,18)(H,16,17). The summed E-state index contributed by atoms with van der Waals surface area (Å²) in [4.78, 5) is 25.6. The molecule has 19 heavy (non-hydrogen) atoms. The van der Waals surface area contributed by atoms with Crippen LogP contribution in [0, 0.1) is 0 Å². The maximum absolute atomic E-state index is 12.0. The van der Waals surface area contributed by atoms with Crippen LogP contribution in [0.3, 0.4) is 0 Å². The number of urea groups is 1. The van der Waals surface area contributed by atoms with Crippen LogP contribution in [0.25, 0.3) is 0 Å². The predicted octanol–water partition coefficient (Wildman–Crippen LogP) is 2.07. The highest BCUT2D eigenvalue weighted by molar-refractivity contribution is 7.10. The van der Waals surface area contributed by atoms with E-state index in [0.29, 0.717) is 19.5 Å². The Balaban J connectivity index is 1.92. The minimum atomic E-state index is -0.918. The van der Waals surface area contributed by atoms with Gasteiger partial charge in [0.1, 0.15) is 6.04 Å².